The standard InChI is InChI=1S/C12H15N3O4/c1-6-7-2-3-15(11(7)14-5-13-6)12-10(18)9(17)8(4-16)19-12/h2-3,5,8-10,12,16-18H,4H2,1H3/t8-,9?,10?,12-/m1/s1. The molecule has 4 atom stereocenters. The maximum atomic E-state index is 10.0. The lowest BCUT2D eigenvalue weighted by molar-refractivity contribution is -0.0508. The lowest BCUT2D eigenvalue weighted by Gasteiger charge is -2.17. The summed E-state index contributed by atoms with van der Waals surface area (Å²) in [6.45, 7) is 1.52. The van der Waals surface area contributed by atoms with Crippen LogP contribution < -0.4 is 0 Å². The number of aromatic nitrogens is 3. The van der Waals surface area contributed by atoms with Crippen molar-refractivity contribution in [3.63, 3.8) is 0 Å². The molecule has 7 heteroatoms. The number of aliphatic hydroxyl groups excluding tert-OH is 3. The Balaban J connectivity index is 2.04. The van der Waals surface area contributed by atoms with Gasteiger partial charge in [-0.15, -0.1) is 0 Å². The summed E-state index contributed by atoms with van der Waals surface area (Å²) in [4.78, 5) is 8.27. The van der Waals surface area contributed by atoms with Crippen molar-refractivity contribution in [3.05, 3.63) is 24.3 Å². The molecule has 0 saturated carbocycles. The van der Waals surface area contributed by atoms with Crippen molar-refractivity contribution in [1.82, 2.24) is 14.5 Å². The summed E-state index contributed by atoms with van der Waals surface area (Å²) in [5.41, 5.74) is 1.46. The number of fused-ring (bicyclic) bond motifs is 1. The van der Waals surface area contributed by atoms with E-state index in [1.54, 1.807) is 10.8 Å². The predicted molar refractivity (Wildman–Crippen MR) is 65.3 cm³/mol. The van der Waals surface area contributed by atoms with Gasteiger partial charge in [-0.3, -0.25) is 0 Å². The highest BCUT2D eigenvalue weighted by atomic mass is 16.6. The molecule has 0 aliphatic carbocycles. The third kappa shape index (κ3) is 1.82. The summed E-state index contributed by atoms with van der Waals surface area (Å²) >= 11 is 0. The van der Waals surface area contributed by atoms with E-state index in [1.165, 1.54) is 6.33 Å². The Labute approximate surface area is 109 Å². The van der Waals surface area contributed by atoms with Crippen LogP contribution in [-0.2, 0) is 4.74 Å². The van der Waals surface area contributed by atoms with Gasteiger partial charge in [0.1, 0.15) is 30.3 Å². The lowest BCUT2D eigenvalue weighted by atomic mass is 10.1. The summed E-state index contributed by atoms with van der Waals surface area (Å²) in [6, 6.07) is 1.83. The van der Waals surface area contributed by atoms with E-state index in [-0.39, 0.29) is 6.61 Å². The van der Waals surface area contributed by atoms with E-state index in [1.807, 2.05) is 13.0 Å². The highest BCUT2D eigenvalue weighted by Gasteiger charge is 2.43. The van der Waals surface area contributed by atoms with Gasteiger partial charge in [-0.2, -0.15) is 0 Å². The molecule has 102 valence electrons. The van der Waals surface area contributed by atoms with E-state index < -0.39 is 24.5 Å². The monoisotopic (exact) mass is 265 g/mol. The van der Waals surface area contributed by atoms with E-state index in [2.05, 4.69) is 9.97 Å². The molecule has 2 unspecified atom stereocenters. The number of ether oxygens (including phenoxy) is 1. The molecule has 19 heavy (non-hydrogen) atoms. The van der Waals surface area contributed by atoms with Crippen LogP contribution in [0.3, 0.4) is 0 Å². The van der Waals surface area contributed by atoms with Gasteiger partial charge >= 0.3 is 0 Å². The molecule has 2 aromatic heterocycles. The highest BCUT2D eigenvalue weighted by molar-refractivity contribution is 5.78. The Hall–Kier alpha value is -1.54. The van der Waals surface area contributed by atoms with Gasteiger partial charge in [0, 0.05) is 11.6 Å². The fourth-order valence-corrected chi connectivity index (χ4v) is 2.41. The molecule has 3 N–H and O–H groups in total. The number of aliphatic hydroxyl groups is 3. The largest absolute Gasteiger partial charge is 0.394 e. The Bertz CT molecular complexity index is 600. The quantitative estimate of drug-likeness (QED) is 0.667. The normalized spacial score (nSPS) is 31.2. The number of nitrogens with zero attached hydrogens (tertiary/aromatic N) is 3. The average Bonchev–Trinajstić information content (AvgIpc) is 2.94. The summed E-state index contributed by atoms with van der Waals surface area (Å²) in [5.74, 6) is 0. The zero-order chi connectivity index (χ0) is 13.6. The molecule has 2 aromatic rings. The predicted octanol–water partition coefficient (Wildman–Crippen LogP) is -0.649. The number of hydrogen-bond donors (Lipinski definition) is 3. The number of aryl methyl sites for hydroxylation is 1. The molecule has 1 aliphatic rings. The Morgan fingerprint density at radius 2 is 2.11 bits per heavy atom. The number of rotatable bonds is 2. The van der Waals surface area contributed by atoms with Crippen molar-refractivity contribution in [2.45, 2.75) is 31.5 Å². The van der Waals surface area contributed by atoms with Crippen molar-refractivity contribution in [3.8, 4) is 0 Å². The second-order valence-electron chi connectivity index (χ2n) is 4.65. The second-order valence-corrected chi connectivity index (χ2v) is 4.65. The molecule has 0 spiro atoms. The Morgan fingerprint density at radius 1 is 1.32 bits per heavy atom. The number of hydrogen-bond acceptors (Lipinski definition) is 6. The third-order valence-electron chi connectivity index (χ3n) is 3.50. The second kappa shape index (κ2) is 4.53. The van der Waals surface area contributed by atoms with Crippen LogP contribution in [0, 0.1) is 6.92 Å². The van der Waals surface area contributed by atoms with Crippen LogP contribution in [0.2, 0.25) is 0 Å². The van der Waals surface area contributed by atoms with Gasteiger partial charge in [0.25, 0.3) is 0 Å². The smallest absolute Gasteiger partial charge is 0.164 e. The van der Waals surface area contributed by atoms with E-state index in [9.17, 15) is 10.2 Å². The zero-order valence-electron chi connectivity index (χ0n) is 10.3. The molecule has 0 bridgehead atoms. The first kappa shape index (κ1) is 12.5. The van der Waals surface area contributed by atoms with Crippen LogP contribution in [0.1, 0.15) is 11.9 Å². The van der Waals surface area contributed by atoms with Gasteiger partial charge in [-0.05, 0) is 13.0 Å². The van der Waals surface area contributed by atoms with Gasteiger partial charge < -0.3 is 24.6 Å². The fourth-order valence-electron chi connectivity index (χ4n) is 2.41. The molecule has 0 amide bonds. The molecule has 1 fully saturated rings. The van der Waals surface area contributed by atoms with Gasteiger partial charge in [0.05, 0.1) is 12.3 Å². The van der Waals surface area contributed by atoms with Crippen LogP contribution in [0.25, 0.3) is 11.0 Å². The van der Waals surface area contributed by atoms with Crippen molar-refractivity contribution in [2.24, 2.45) is 0 Å². The molecule has 1 aliphatic heterocycles. The first-order valence-electron chi connectivity index (χ1n) is 6.04. The van der Waals surface area contributed by atoms with Gasteiger partial charge in [-0.1, -0.05) is 0 Å². The van der Waals surface area contributed by atoms with Crippen LogP contribution >= 0.6 is 0 Å². The molecule has 0 aromatic carbocycles. The minimum Gasteiger partial charge on any atom is -0.394 e. The van der Waals surface area contributed by atoms with E-state index in [0.29, 0.717) is 5.65 Å². The van der Waals surface area contributed by atoms with Crippen molar-refractivity contribution in [2.75, 3.05) is 6.61 Å². The van der Waals surface area contributed by atoms with Gasteiger partial charge in [-0.25, -0.2) is 9.97 Å². The molecule has 7 nitrogen and oxygen atoms in total. The summed E-state index contributed by atoms with van der Waals surface area (Å²) in [5, 5.41) is 29.7. The first-order chi connectivity index (χ1) is 9.13. The zero-order valence-corrected chi connectivity index (χ0v) is 10.3. The molecule has 3 rings (SSSR count). The van der Waals surface area contributed by atoms with Crippen LogP contribution in [0.15, 0.2) is 18.6 Å². The maximum Gasteiger partial charge on any atom is 0.164 e. The topological polar surface area (TPSA) is 101 Å². The summed E-state index contributed by atoms with van der Waals surface area (Å²) < 4.78 is 7.13. The van der Waals surface area contributed by atoms with Gasteiger partial charge in [0.2, 0.25) is 0 Å². The van der Waals surface area contributed by atoms with E-state index >= 15 is 0 Å². The molecular weight excluding hydrogens is 250 g/mol. The Morgan fingerprint density at radius 3 is 2.79 bits per heavy atom. The minimum absolute atomic E-state index is 0.345. The summed E-state index contributed by atoms with van der Waals surface area (Å²) in [6.07, 6.45) is -0.611. The van der Waals surface area contributed by atoms with E-state index in [0.717, 1.165) is 11.1 Å². The van der Waals surface area contributed by atoms with Crippen LogP contribution in [-0.4, -0.2) is 54.8 Å². The minimum atomic E-state index is -1.12. The van der Waals surface area contributed by atoms with Crippen LogP contribution in [0.4, 0.5) is 0 Å². The lowest BCUT2D eigenvalue weighted by Crippen LogP contribution is -2.33. The molecular formula is C12H15N3O4. The summed E-state index contributed by atoms with van der Waals surface area (Å²) in [7, 11) is 0. The third-order valence-corrected chi connectivity index (χ3v) is 3.50. The van der Waals surface area contributed by atoms with Crippen molar-refractivity contribution < 1.29 is 20.1 Å². The van der Waals surface area contributed by atoms with Crippen molar-refractivity contribution in [1.29, 1.82) is 0 Å². The molecule has 3 heterocycles. The highest BCUT2D eigenvalue weighted by Crippen LogP contribution is 2.32. The van der Waals surface area contributed by atoms with Crippen LogP contribution in [0.5, 0.6) is 0 Å². The average molecular weight is 265 g/mol. The van der Waals surface area contributed by atoms with E-state index in [4.69, 9.17) is 9.84 Å². The van der Waals surface area contributed by atoms with Crippen molar-refractivity contribution >= 4 is 11.0 Å². The maximum absolute atomic E-state index is 10.0. The molecule has 1 saturated heterocycles. The first-order valence-corrected chi connectivity index (χ1v) is 6.04. The SMILES string of the molecule is Cc1ncnc2c1ccn2[C@@H]1O[C@H](CO)C(O)C1O. The van der Waals surface area contributed by atoms with Gasteiger partial charge in [0.15, 0.2) is 6.23 Å². The fraction of sp³-hybridized carbons (Fsp3) is 0.500. The molecule has 0 radical (unpaired) electrons. The Kier molecular flexibility index (Phi) is 2.98.